The average Bonchev–Trinajstić information content (AvgIpc) is 1.84. The number of nitrogens with zero attached hydrogens (tertiary/aromatic N) is 1. The lowest BCUT2D eigenvalue weighted by Crippen LogP contribution is -2.36. The highest BCUT2D eigenvalue weighted by Gasteiger charge is 2.15. The Morgan fingerprint density at radius 3 is 2.42 bits per heavy atom. The van der Waals surface area contributed by atoms with E-state index < -0.39 is 6.04 Å². The first-order valence-electron chi connectivity index (χ1n) is 3.87. The maximum Gasteiger partial charge on any atom is 0.224 e. The molecular weight excluding hydrogens is 160 g/mol. The van der Waals surface area contributed by atoms with Crippen molar-refractivity contribution in [3.8, 4) is 0 Å². The van der Waals surface area contributed by atoms with Crippen LogP contribution in [0.5, 0.6) is 0 Å². The normalized spacial score (nSPS) is 14.3. The van der Waals surface area contributed by atoms with Crippen LogP contribution in [0.3, 0.4) is 0 Å². The zero-order valence-corrected chi connectivity index (χ0v) is 7.96. The summed E-state index contributed by atoms with van der Waals surface area (Å²) in [6, 6.07) is -0.618. The molecule has 0 aliphatic heterocycles. The maximum atomic E-state index is 10.2. The quantitative estimate of drug-likeness (QED) is 0.512. The minimum atomic E-state index is -0.618. The SMILES string of the molecule is CC(CNOC(C)(C)C)[N+](=O)[O-]. The van der Waals surface area contributed by atoms with Crippen LogP contribution < -0.4 is 5.48 Å². The summed E-state index contributed by atoms with van der Waals surface area (Å²) in [4.78, 5) is 14.9. The summed E-state index contributed by atoms with van der Waals surface area (Å²) in [5.41, 5.74) is 2.26. The van der Waals surface area contributed by atoms with Gasteiger partial charge in [-0.1, -0.05) is 0 Å². The Balaban J connectivity index is 3.51. The van der Waals surface area contributed by atoms with Gasteiger partial charge < -0.3 is 0 Å². The van der Waals surface area contributed by atoms with Crippen LogP contribution in [-0.2, 0) is 4.84 Å². The summed E-state index contributed by atoms with van der Waals surface area (Å²) in [5.74, 6) is 0. The van der Waals surface area contributed by atoms with Crippen LogP contribution in [0.4, 0.5) is 0 Å². The van der Waals surface area contributed by atoms with E-state index in [1.807, 2.05) is 20.8 Å². The van der Waals surface area contributed by atoms with Gasteiger partial charge in [-0.3, -0.25) is 15.0 Å². The molecule has 1 atom stereocenters. The molecule has 0 fully saturated rings. The molecule has 1 N–H and O–H groups in total. The molecular formula is C7H16N2O3. The van der Waals surface area contributed by atoms with Gasteiger partial charge in [0.05, 0.1) is 12.1 Å². The summed E-state index contributed by atoms with van der Waals surface area (Å²) < 4.78 is 0. The van der Waals surface area contributed by atoms with Crippen molar-refractivity contribution in [1.82, 2.24) is 5.48 Å². The maximum absolute atomic E-state index is 10.2. The third-order valence-electron chi connectivity index (χ3n) is 1.12. The first kappa shape index (κ1) is 11.3. The van der Waals surface area contributed by atoms with Gasteiger partial charge in [-0.15, -0.1) is 0 Å². The van der Waals surface area contributed by atoms with Crippen molar-refractivity contribution in [2.45, 2.75) is 39.3 Å². The van der Waals surface area contributed by atoms with Gasteiger partial charge in [-0.05, 0) is 20.8 Å². The molecule has 72 valence electrons. The van der Waals surface area contributed by atoms with E-state index in [9.17, 15) is 10.1 Å². The molecule has 0 saturated heterocycles. The summed E-state index contributed by atoms with van der Waals surface area (Å²) in [6.45, 7) is 7.37. The number of rotatable bonds is 4. The zero-order chi connectivity index (χ0) is 9.78. The van der Waals surface area contributed by atoms with Gasteiger partial charge in [0.25, 0.3) is 0 Å². The van der Waals surface area contributed by atoms with Gasteiger partial charge in [-0.25, -0.2) is 0 Å². The predicted molar refractivity (Wildman–Crippen MR) is 45.3 cm³/mol. The van der Waals surface area contributed by atoms with Crippen LogP contribution in [0.25, 0.3) is 0 Å². The van der Waals surface area contributed by atoms with Crippen LogP contribution in [0.1, 0.15) is 27.7 Å². The lowest BCUT2D eigenvalue weighted by molar-refractivity contribution is -0.517. The van der Waals surface area contributed by atoms with Gasteiger partial charge >= 0.3 is 0 Å². The highest BCUT2D eigenvalue weighted by molar-refractivity contribution is 4.57. The molecule has 12 heavy (non-hydrogen) atoms. The first-order valence-corrected chi connectivity index (χ1v) is 3.87. The van der Waals surface area contributed by atoms with E-state index in [1.165, 1.54) is 6.92 Å². The van der Waals surface area contributed by atoms with E-state index in [0.29, 0.717) is 0 Å². The molecule has 0 amide bonds. The summed E-state index contributed by atoms with van der Waals surface area (Å²) >= 11 is 0. The fourth-order valence-electron chi connectivity index (χ4n) is 0.453. The average molecular weight is 176 g/mol. The summed E-state index contributed by atoms with van der Waals surface area (Å²) in [5, 5.41) is 10.2. The van der Waals surface area contributed by atoms with Crippen LogP contribution in [0.15, 0.2) is 0 Å². The first-order chi connectivity index (χ1) is 5.33. The minimum Gasteiger partial charge on any atom is -0.296 e. The van der Waals surface area contributed by atoms with Crippen molar-refractivity contribution in [2.24, 2.45) is 0 Å². The Morgan fingerprint density at radius 1 is 1.58 bits per heavy atom. The largest absolute Gasteiger partial charge is 0.296 e. The van der Waals surface area contributed by atoms with E-state index in [1.54, 1.807) is 0 Å². The molecule has 0 saturated carbocycles. The third-order valence-corrected chi connectivity index (χ3v) is 1.12. The standard InChI is InChI=1S/C7H16N2O3/c1-6(9(10)11)5-8-12-7(2,3)4/h6,8H,5H2,1-4H3. The molecule has 0 heterocycles. The summed E-state index contributed by atoms with van der Waals surface area (Å²) in [7, 11) is 0. The van der Waals surface area contributed by atoms with Gasteiger partial charge in [0.2, 0.25) is 6.04 Å². The van der Waals surface area contributed by atoms with E-state index in [2.05, 4.69) is 5.48 Å². The Labute approximate surface area is 72.2 Å². The molecule has 0 aromatic carbocycles. The fraction of sp³-hybridized carbons (Fsp3) is 1.00. The van der Waals surface area contributed by atoms with Crippen LogP contribution >= 0.6 is 0 Å². The topological polar surface area (TPSA) is 64.4 Å². The highest BCUT2D eigenvalue weighted by Crippen LogP contribution is 2.03. The second-order valence-electron chi connectivity index (χ2n) is 3.70. The number of hydroxylamine groups is 1. The smallest absolute Gasteiger partial charge is 0.224 e. The van der Waals surface area contributed by atoms with E-state index in [4.69, 9.17) is 4.84 Å². The monoisotopic (exact) mass is 176 g/mol. The van der Waals surface area contributed by atoms with E-state index in [-0.39, 0.29) is 17.1 Å². The predicted octanol–water partition coefficient (Wildman–Crippen LogP) is 0.971. The molecule has 0 rings (SSSR count). The molecule has 0 spiro atoms. The molecule has 5 heteroatoms. The molecule has 1 unspecified atom stereocenters. The Bertz CT molecular complexity index is 153. The molecule has 0 bridgehead atoms. The second kappa shape index (κ2) is 4.37. The van der Waals surface area contributed by atoms with Crippen LogP contribution in [0, 0.1) is 10.1 Å². The summed E-state index contributed by atoms with van der Waals surface area (Å²) in [6.07, 6.45) is 0. The number of hydrogen-bond donors (Lipinski definition) is 1. The number of nitrogens with one attached hydrogen (secondary N) is 1. The zero-order valence-electron chi connectivity index (χ0n) is 7.96. The van der Waals surface area contributed by atoms with E-state index in [0.717, 1.165) is 0 Å². The highest BCUT2D eigenvalue weighted by atomic mass is 16.7. The van der Waals surface area contributed by atoms with E-state index >= 15 is 0 Å². The van der Waals surface area contributed by atoms with Crippen molar-refractivity contribution >= 4 is 0 Å². The van der Waals surface area contributed by atoms with Gasteiger partial charge in [0.1, 0.15) is 0 Å². The lowest BCUT2D eigenvalue weighted by Gasteiger charge is -2.19. The van der Waals surface area contributed by atoms with Gasteiger partial charge in [0.15, 0.2) is 0 Å². The van der Waals surface area contributed by atoms with Crippen molar-refractivity contribution in [1.29, 1.82) is 0 Å². The van der Waals surface area contributed by atoms with Crippen molar-refractivity contribution in [2.75, 3.05) is 6.54 Å². The number of nitro groups is 1. The third kappa shape index (κ3) is 6.06. The minimum absolute atomic E-state index is 0.226. The van der Waals surface area contributed by atoms with Crippen molar-refractivity contribution in [3.63, 3.8) is 0 Å². The van der Waals surface area contributed by atoms with Crippen LogP contribution in [0.2, 0.25) is 0 Å². The Kier molecular flexibility index (Phi) is 4.12. The van der Waals surface area contributed by atoms with Crippen molar-refractivity contribution < 1.29 is 9.76 Å². The molecule has 0 aliphatic rings. The van der Waals surface area contributed by atoms with Gasteiger partial charge in [-0.2, -0.15) is 5.48 Å². The van der Waals surface area contributed by atoms with Gasteiger partial charge in [0, 0.05) is 11.8 Å². The molecule has 5 nitrogen and oxygen atoms in total. The lowest BCUT2D eigenvalue weighted by atomic mass is 10.2. The van der Waals surface area contributed by atoms with Crippen LogP contribution in [-0.4, -0.2) is 23.1 Å². The second-order valence-corrected chi connectivity index (χ2v) is 3.70. The molecule has 0 aliphatic carbocycles. The Morgan fingerprint density at radius 2 is 2.08 bits per heavy atom. The fourth-order valence-corrected chi connectivity index (χ4v) is 0.453. The molecule has 0 aromatic rings. The number of hydrogen-bond acceptors (Lipinski definition) is 4. The molecule has 0 aromatic heterocycles. The molecule has 0 radical (unpaired) electrons. The van der Waals surface area contributed by atoms with Crippen molar-refractivity contribution in [3.05, 3.63) is 10.1 Å². The Hall–Kier alpha value is -0.680.